The fourth-order valence-corrected chi connectivity index (χ4v) is 2.53. The number of aromatic hydroxyl groups is 2. The molecular weight excluding hydrogens is 290 g/mol. The predicted molar refractivity (Wildman–Crippen MR) is 86.4 cm³/mol. The second-order valence-corrected chi connectivity index (χ2v) is 5.11. The molecule has 5 nitrogen and oxygen atoms in total. The van der Waals surface area contributed by atoms with Gasteiger partial charge in [0.1, 0.15) is 28.8 Å². The van der Waals surface area contributed by atoms with Gasteiger partial charge in [-0.15, -0.1) is 0 Å². The van der Waals surface area contributed by atoms with Crippen LogP contribution in [0, 0.1) is 11.3 Å². The van der Waals surface area contributed by atoms with Crippen molar-refractivity contribution in [2.45, 2.75) is 13.3 Å². The van der Waals surface area contributed by atoms with E-state index in [1.54, 1.807) is 53.2 Å². The molecule has 0 amide bonds. The number of nitriles is 1. The van der Waals surface area contributed by atoms with Crippen LogP contribution in [-0.2, 0) is 6.42 Å². The van der Waals surface area contributed by atoms with Gasteiger partial charge in [-0.05, 0) is 55.0 Å². The normalized spacial score (nSPS) is 10.4. The van der Waals surface area contributed by atoms with E-state index in [1.807, 2.05) is 6.92 Å². The van der Waals surface area contributed by atoms with E-state index in [9.17, 15) is 15.5 Å². The van der Waals surface area contributed by atoms with Crippen LogP contribution in [0.25, 0.3) is 16.9 Å². The summed E-state index contributed by atoms with van der Waals surface area (Å²) in [5.74, 6) is 0.346. The number of phenolic OH excluding ortho intramolecular Hbond substituents is 2. The van der Waals surface area contributed by atoms with Gasteiger partial charge in [0.25, 0.3) is 0 Å². The van der Waals surface area contributed by atoms with Gasteiger partial charge in [0.15, 0.2) is 0 Å². The first-order valence-electron chi connectivity index (χ1n) is 7.25. The van der Waals surface area contributed by atoms with Crippen molar-refractivity contribution in [1.82, 2.24) is 9.78 Å². The van der Waals surface area contributed by atoms with Gasteiger partial charge < -0.3 is 10.2 Å². The molecule has 0 fully saturated rings. The molecule has 0 saturated heterocycles. The molecule has 23 heavy (non-hydrogen) atoms. The third-order valence-electron chi connectivity index (χ3n) is 3.66. The summed E-state index contributed by atoms with van der Waals surface area (Å²) in [6, 6.07) is 15.5. The molecule has 0 atom stereocenters. The van der Waals surface area contributed by atoms with Crippen molar-refractivity contribution in [3.63, 3.8) is 0 Å². The topological polar surface area (TPSA) is 82.1 Å². The number of benzene rings is 2. The summed E-state index contributed by atoms with van der Waals surface area (Å²) < 4.78 is 1.72. The Balaban J connectivity index is 2.20. The number of hydrogen-bond acceptors (Lipinski definition) is 4. The van der Waals surface area contributed by atoms with Gasteiger partial charge in [-0.1, -0.05) is 6.92 Å². The van der Waals surface area contributed by atoms with E-state index in [0.29, 0.717) is 17.7 Å². The Hall–Kier alpha value is -3.26. The van der Waals surface area contributed by atoms with Crippen LogP contribution in [-0.4, -0.2) is 20.0 Å². The third kappa shape index (κ3) is 2.62. The van der Waals surface area contributed by atoms with E-state index in [-0.39, 0.29) is 11.5 Å². The quantitative estimate of drug-likeness (QED) is 0.777. The Kier molecular flexibility index (Phi) is 3.73. The summed E-state index contributed by atoms with van der Waals surface area (Å²) in [5.41, 5.74) is 3.46. The Morgan fingerprint density at radius 2 is 1.57 bits per heavy atom. The average molecular weight is 305 g/mol. The number of hydrogen-bond donors (Lipinski definition) is 2. The fraction of sp³-hybridized carbons (Fsp3) is 0.111. The molecule has 0 saturated carbocycles. The zero-order valence-corrected chi connectivity index (χ0v) is 12.6. The molecule has 2 N–H and O–H groups in total. The molecule has 3 rings (SSSR count). The Morgan fingerprint density at radius 1 is 1.00 bits per heavy atom. The van der Waals surface area contributed by atoms with Crippen LogP contribution < -0.4 is 0 Å². The van der Waals surface area contributed by atoms with Crippen molar-refractivity contribution >= 4 is 0 Å². The summed E-state index contributed by atoms with van der Waals surface area (Å²) in [6.07, 6.45) is 0.648. The maximum Gasteiger partial charge on any atom is 0.115 e. The zero-order valence-electron chi connectivity index (χ0n) is 12.6. The molecule has 0 spiro atoms. The van der Waals surface area contributed by atoms with E-state index >= 15 is 0 Å². The van der Waals surface area contributed by atoms with Crippen molar-refractivity contribution in [2.75, 3.05) is 0 Å². The minimum absolute atomic E-state index is 0.168. The molecule has 0 aliphatic heterocycles. The highest BCUT2D eigenvalue weighted by molar-refractivity contribution is 5.69. The highest BCUT2D eigenvalue weighted by atomic mass is 16.3. The molecule has 114 valence electrons. The highest BCUT2D eigenvalue weighted by Gasteiger charge is 2.18. The first-order chi connectivity index (χ1) is 11.1. The molecule has 2 aromatic carbocycles. The smallest absolute Gasteiger partial charge is 0.115 e. The Labute approximate surface area is 133 Å². The summed E-state index contributed by atoms with van der Waals surface area (Å²) >= 11 is 0. The second kappa shape index (κ2) is 5.85. The first-order valence-corrected chi connectivity index (χ1v) is 7.25. The molecule has 0 aliphatic rings. The van der Waals surface area contributed by atoms with Crippen molar-refractivity contribution < 1.29 is 10.2 Å². The lowest BCUT2D eigenvalue weighted by atomic mass is 10.1. The Morgan fingerprint density at radius 3 is 2.09 bits per heavy atom. The molecule has 5 heteroatoms. The van der Waals surface area contributed by atoms with Gasteiger partial charge in [-0.25, -0.2) is 4.68 Å². The van der Waals surface area contributed by atoms with E-state index in [4.69, 9.17) is 0 Å². The summed E-state index contributed by atoms with van der Waals surface area (Å²) in [7, 11) is 0. The van der Waals surface area contributed by atoms with E-state index < -0.39 is 0 Å². The van der Waals surface area contributed by atoms with Gasteiger partial charge >= 0.3 is 0 Å². The van der Waals surface area contributed by atoms with Crippen LogP contribution in [0.3, 0.4) is 0 Å². The number of phenols is 2. The highest BCUT2D eigenvalue weighted by Crippen LogP contribution is 2.29. The van der Waals surface area contributed by atoms with E-state index in [0.717, 1.165) is 16.9 Å². The summed E-state index contributed by atoms with van der Waals surface area (Å²) in [4.78, 5) is 0. The van der Waals surface area contributed by atoms with Crippen molar-refractivity contribution in [3.05, 3.63) is 59.8 Å². The van der Waals surface area contributed by atoms with Gasteiger partial charge in [0, 0.05) is 5.56 Å². The van der Waals surface area contributed by atoms with E-state index in [1.165, 1.54) is 0 Å². The number of nitrogens with zero attached hydrogens (tertiary/aromatic N) is 3. The lowest BCUT2D eigenvalue weighted by Crippen LogP contribution is -2.01. The van der Waals surface area contributed by atoms with Crippen molar-refractivity contribution in [2.24, 2.45) is 0 Å². The minimum Gasteiger partial charge on any atom is -0.508 e. The van der Waals surface area contributed by atoms with Crippen LogP contribution >= 0.6 is 0 Å². The second-order valence-electron chi connectivity index (χ2n) is 5.11. The van der Waals surface area contributed by atoms with Crippen LogP contribution in [0.1, 0.15) is 18.2 Å². The van der Waals surface area contributed by atoms with Crippen LogP contribution in [0.5, 0.6) is 11.5 Å². The largest absolute Gasteiger partial charge is 0.508 e. The van der Waals surface area contributed by atoms with Crippen LogP contribution in [0.15, 0.2) is 48.5 Å². The van der Waals surface area contributed by atoms with Crippen molar-refractivity contribution in [1.29, 1.82) is 5.26 Å². The van der Waals surface area contributed by atoms with Crippen LogP contribution in [0.2, 0.25) is 0 Å². The van der Waals surface area contributed by atoms with Gasteiger partial charge in [-0.3, -0.25) is 0 Å². The monoisotopic (exact) mass is 305 g/mol. The first kappa shape index (κ1) is 14.7. The molecule has 0 unspecified atom stereocenters. The molecule has 0 bridgehead atoms. The molecule has 0 aliphatic carbocycles. The van der Waals surface area contributed by atoms with Gasteiger partial charge in [0.05, 0.1) is 11.4 Å². The third-order valence-corrected chi connectivity index (χ3v) is 3.66. The molecule has 0 radical (unpaired) electrons. The summed E-state index contributed by atoms with van der Waals surface area (Å²) in [5, 5.41) is 33.0. The fourth-order valence-electron chi connectivity index (χ4n) is 2.53. The predicted octanol–water partition coefficient (Wildman–Crippen LogP) is 3.38. The molecule has 1 heterocycles. The van der Waals surface area contributed by atoms with Crippen molar-refractivity contribution in [3.8, 4) is 34.5 Å². The minimum atomic E-state index is 0.168. The lowest BCUT2D eigenvalue weighted by molar-refractivity contribution is 0.474. The summed E-state index contributed by atoms with van der Waals surface area (Å²) in [6.45, 7) is 1.97. The molecule has 3 aromatic rings. The standard InChI is InChI=1S/C18H15N3O2/c1-2-17-16(11-19)18(12-3-7-14(22)8-4-12)20-21(17)13-5-9-15(23)10-6-13/h3-10,22-23H,2H2,1H3. The van der Waals surface area contributed by atoms with Crippen LogP contribution in [0.4, 0.5) is 0 Å². The maximum absolute atomic E-state index is 9.56. The zero-order chi connectivity index (χ0) is 16.4. The molecule has 1 aromatic heterocycles. The maximum atomic E-state index is 9.56. The number of aromatic nitrogens is 2. The van der Waals surface area contributed by atoms with Gasteiger partial charge in [0.2, 0.25) is 0 Å². The SMILES string of the molecule is CCc1c(C#N)c(-c2ccc(O)cc2)nn1-c1ccc(O)cc1. The molecular formula is C18H15N3O2. The van der Waals surface area contributed by atoms with E-state index in [2.05, 4.69) is 11.2 Å². The Bertz CT molecular complexity index is 872. The number of rotatable bonds is 3. The average Bonchev–Trinajstić information content (AvgIpc) is 2.94. The van der Waals surface area contributed by atoms with Gasteiger partial charge in [-0.2, -0.15) is 10.4 Å². The lowest BCUT2D eigenvalue weighted by Gasteiger charge is -2.05.